The second-order valence-corrected chi connectivity index (χ2v) is 4.61. The lowest BCUT2D eigenvalue weighted by molar-refractivity contribution is 0.610. The van der Waals surface area contributed by atoms with Gasteiger partial charge in [-0.3, -0.25) is 9.48 Å². The van der Waals surface area contributed by atoms with E-state index in [2.05, 4.69) is 6.92 Å². The second kappa shape index (κ2) is 4.90. The zero-order chi connectivity index (χ0) is 13.3. The van der Waals surface area contributed by atoms with E-state index in [0.29, 0.717) is 16.4 Å². The van der Waals surface area contributed by atoms with E-state index < -0.39 is 0 Å². The minimum atomic E-state index is -0.214. The minimum Gasteiger partial charge on any atom is -0.393 e. The maximum atomic E-state index is 12.2. The monoisotopic (exact) mass is 265 g/mol. The molecule has 2 N–H and O–H groups in total. The Hall–Kier alpha value is -1.68. The van der Waals surface area contributed by atoms with Crippen LogP contribution in [0, 0.1) is 0 Å². The van der Waals surface area contributed by atoms with Gasteiger partial charge >= 0.3 is 0 Å². The van der Waals surface area contributed by atoms with Crippen molar-refractivity contribution >= 4 is 17.3 Å². The number of nitrogens with zero attached hydrogens (tertiary/aromatic N) is 2. The zero-order valence-corrected chi connectivity index (χ0v) is 11.2. The Labute approximate surface area is 111 Å². The smallest absolute Gasteiger partial charge is 0.294 e. The normalized spacial score (nSPS) is 10.8. The summed E-state index contributed by atoms with van der Waals surface area (Å²) in [6.07, 6.45) is 1.71. The first-order valence-electron chi connectivity index (χ1n) is 5.89. The molecule has 0 saturated heterocycles. The van der Waals surface area contributed by atoms with Gasteiger partial charge in [-0.25, -0.2) is 4.68 Å². The van der Waals surface area contributed by atoms with Gasteiger partial charge in [0, 0.05) is 7.05 Å². The van der Waals surface area contributed by atoms with E-state index >= 15 is 0 Å². The third-order valence-electron chi connectivity index (χ3n) is 2.99. The first-order valence-corrected chi connectivity index (χ1v) is 6.27. The zero-order valence-electron chi connectivity index (χ0n) is 10.5. The molecule has 96 valence electrons. The van der Waals surface area contributed by atoms with Crippen LogP contribution in [0.25, 0.3) is 5.69 Å². The van der Waals surface area contributed by atoms with E-state index in [9.17, 15) is 4.79 Å². The molecule has 0 fully saturated rings. The van der Waals surface area contributed by atoms with Crippen molar-refractivity contribution in [2.75, 3.05) is 5.73 Å². The summed E-state index contributed by atoms with van der Waals surface area (Å²) >= 11 is 6.13. The number of aromatic nitrogens is 2. The van der Waals surface area contributed by atoms with Crippen molar-refractivity contribution in [3.05, 3.63) is 45.3 Å². The molecule has 1 heterocycles. The summed E-state index contributed by atoms with van der Waals surface area (Å²) < 4.78 is 3.30. The van der Waals surface area contributed by atoms with Crippen LogP contribution in [0.1, 0.15) is 19.0 Å². The number of halogens is 1. The summed E-state index contributed by atoms with van der Waals surface area (Å²) in [7, 11) is 1.83. The summed E-state index contributed by atoms with van der Waals surface area (Å²) in [4.78, 5) is 12.2. The highest BCUT2D eigenvalue weighted by Gasteiger charge is 2.16. The van der Waals surface area contributed by atoms with Gasteiger partial charge < -0.3 is 5.73 Å². The summed E-state index contributed by atoms with van der Waals surface area (Å²) in [5.74, 6) is 0. The van der Waals surface area contributed by atoms with E-state index in [4.69, 9.17) is 17.3 Å². The van der Waals surface area contributed by atoms with Crippen molar-refractivity contribution in [1.29, 1.82) is 0 Å². The summed E-state index contributed by atoms with van der Waals surface area (Å²) in [5.41, 5.74) is 7.47. The maximum Gasteiger partial charge on any atom is 0.294 e. The fraction of sp³-hybridized carbons (Fsp3) is 0.308. The Balaban J connectivity index is 2.70. The van der Waals surface area contributed by atoms with Gasteiger partial charge in [0.2, 0.25) is 0 Å². The number of para-hydroxylation sites is 1. The topological polar surface area (TPSA) is 53.0 Å². The minimum absolute atomic E-state index is 0.214. The third-order valence-corrected chi connectivity index (χ3v) is 3.31. The number of nitrogens with two attached hydrogens (primary N) is 1. The average molecular weight is 266 g/mol. The summed E-state index contributed by atoms with van der Waals surface area (Å²) in [6.45, 7) is 2.05. The van der Waals surface area contributed by atoms with Gasteiger partial charge in [0.1, 0.15) is 5.69 Å². The largest absolute Gasteiger partial charge is 0.393 e. The summed E-state index contributed by atoms with van der Waals surface area (Å²) in [5, 5.41) is 0.531. The lowest BCUT2D eigenvalue weighted by Crippen LogP contribution is -2.21. The van der Waals surface area contributed by atoms with Gasteiger partial charge in [-0.1, -0.05) is 37.1 Å². The molecule has 0 amide bonds. The van der Waals surface area contributed by atoms with Gasteiger partial charge in [0.15, 0.2) is 0 Å². The van der Waals surface area contributed by atoms with Crippen molar-refractivity contribution in [3.8, 4) is 5.69 Å². The summed E-state index contributed by atoms with van der Waals surface area (Å²) in [6, 6.07) is 7.23. The van der Waals surface area contributed by atoms with Gasteiger partial charge in [-0.15, -0.1) is 0 Å². The van der Waals surface area contributed by atoms with Crippen LogP contribution in [0.5, 0.6) is 0 Å². The highest BCUT2D eigenvalue weighted by molar-refractivity contribution is 6.32. The number of rotatable bonds is 3. The molecule has 0 saturated carbocycles. The van der Waals surface area contributed by atoms with Crippen molar-refractivity contribution in [2.24, 2.45) is 7.05 Å². The Kier molecular flexibility index (Phi) is 3.48. The fourth-order valence-electron chi connectivity index (χ4n) is 2.10. The van der Waals surface area contributed by atoms with Crippen LogP contribution < -0.4 is 11.3 Å². The molecule has 18 heavy (non-hydrogen) atoms. The molecule has 5 heteroatoms. The molecular weight excluding hydrogens is 250 g/mol. The molecule has 2 aromatic rings. The van der Waals surface area contributed by atoms with Crippen molar-refractivity contribution < 1.29 is 0 Å². The first-order chi connectivity index (χ1) is 8.57. The van der Waals surface area contributed by atoms with Crippen LogP contribution in [0.4, 0.5) is 5.69 Å². The lowest BCUT2D eigenvalue weighted by atomic mass is 10.2. The van der Waals surface area contributed by atoms with Crippen LogP contribution >= 0.6 is 11.6 Å². The van der Waals surface area contributed by atoms with Crippen LogP contribution in [-0.2, 0) is 13.5 Å². The first kappa shape index (κ1) is 12.8. The van der Waals surface area contributed by atoms with Gasteiger partial charge in [-0.05, 0) is 18.6 Å². The van der Waals surface area contributed by atoms with Crippen molar-refractivity contribution in [3.63, 3.8) is 0 Å². The maximum absolute atomic E-state index is 12.2. The molecule has 4 nitrogen and oxygen atoms in total. The van der Waals surface area contributed by atoms with Crippen molar-refractivity contribution in [2.45, 2.75) is 19.8 Å². The van der Waals surface area contributed by atoms with Crippen LogP contribution in [0.15, 0.2) is 29.1 Å². The lowest BCUT2D eigenvalue weighted by Gasteiger charge is -2.10. The van der Waals surface area contributed by atoms with Crippen LogP contribution in [0.2, 0.25) is 5.02 Å². The quantitative estimate of drug-likeness (QED) is 0.926. The Bertz CT molecular complexity index is 628. The number of hydrogen-bond acceptors (Lipinski definition) is 2. The average Bonchev–Trinajstić information content (AvgIpc) is 2.55. The van der Waals surface area contributed by atoms with Gasteiger partial charge in [0.05, 0.1) is 16.4 Å². The predicted molar refractivity (Wildman–Crippen MR) is 74.4 cm³/mol. The predicted octanol–water partition coefficient (Wildman–Crippen LogP) is 2.36. The number of nitrogen functional groups attached to an aromatic ring is 1. The van der Waals surface area contributed by atoms with Gasteiger partial charge in [-0.2, -0.15) is 0 Å². The van der Waals surface area contributed by atoms with E-state index in [1.165, 1.54) is 4.68 Å². The molecule has 0 bridgehead atoms. The van der Waals surface area contributed by atoms with E-state index in [0.717, 1.165) is 18.5 Å². The standard InChI is InChI=1S/C13H16ClN3O/c1-3-6-11-12(15)13(18)17(16(11)2)10-8-5-4-7-9(10)14/h4-5,7-8H,3,6,15H2,1-2H3. The van der Waals surface area contributed by atoms with E-state index in [1.54, 1.807) is 16.8 Å². The molecule has 0 aliphatic carbocycles. The molecule has 1 aromatic heterocycles. The molecule has 1 aromatic carbocycles. The Morgan fingerprint density at radius 3 is 2.61 bits per heavy atom. The number of anilines is 1. The molecule has 0 aliphatic rings. The fourth-order valence-corrected chi connectivity index (χ4v) is 2.31. The molecule has 0 radical (unpaired) electrons. The van der Waals surface area contributed by atoms with E-state index in [1.807, 2.05) is 19.2 Å². The number of benzene rings is 1. The Morgan fingerprint density at radius 2 is 2.00 bits per heavy atom. The second-order valence-electron chi connectivity index (χ2n) is 4.20. The third kappa shape index (κ3) is 1.93. The molecular formula is C13H16ClN3O. The molecule has 0 spiro atoms. The molecule has 0 aliphatic heterocycles. The molecule has 0 atom stereocenters. The SMILES string of the molecule is CCCc1c(N)c(=O)n(-c2ccccc2Cl)n1C. The Morgan fingerprint density at radius 1 is 1.33 bits per heavy atom. The molecule has 0 unspecified atom stereocenters. The molecule has 2 rings (SSSR count). The van der Waals surface area contributed by atoms with Crippen molar-refractivity contribution in [1.82, 2.24) is 9.36 Å². The van der Waals surface area contributed by atoms with E-state index in [-0.39, 0.29) is 5.56 Å². The number of hydrogen-bond donors (Lipinski definition) is 1. The van der Waals surface area contributed by atoms with Gasteiger partial charge in [0.25, 0.3) is 5.56 Å². The highest BCUT2D eigenvalue weighted by atomic mass is 35.5. The highest BCUT2D eigenvalue weighted by Crippen LogP contribution is 2.20. The van der Waals surface area contributed by atoms with Crippen LogP contribution in [-0.4, -0.2) is 9.36 Å². The van der Waals surface area contributed by atoms with Crippen LogP contribution in [0.3, 0.4) is 0 Å².